The molecule has 0 heterocycles. The van der Waals surface area contributed by atoms with E-state index in [2.05, 4.69) is 113 Å². The van der Waals surface area contributed by atoms with Crippen molar-refractivity contribution in [1.29, 1.82) is 0 Å². The van der Waals surface area contributed by atoms with E-state index in [1.165, 1.54) is 49.7 Å². The van der Waals surface area contributed by atoms with E-state index in [1.807, 2.05) is 0 Å². The van der Waals surface area contributed by atoms with E-state index in [9.17, 15) is 0 Å². The molecule has 2 aliphatic carbocycles. The van der Waals surface area contributed by atoms with E-state index in [0.717, 1.165) is 23.7 Å². The summed E-state index contributed by atoms with van der Waals surface area (Å²) in [5.41, 5.74) is 2.96. The molecule has 0 N–H and O–H groups in total. The first-order chi connectivity index (χ1) is 15.4. The van der Waals surface area contributed by atoms with E-state index in [-0.39, 0.29) is 0 Å². The molecule has 0 saturated heterocycles. The van der Waals surface area contributed by atoms with Crippen molar-refractivity contribution in [1.82, 2.24) is 9.80 Å². The molecule has 2 aromatic rings. The molecule has 0 aromatic heterocycles. The van der Waals surface area contributed by atoms with Crippen LogP contribution in [0.1, 0.15) is 75.6 Å². The fourth-order valence-corrected chi connectivity index (χ4v) is 6.44. The van der Waals surface area contributed by atoms with Gasteiger partial charge in [-0.05, 0) is 75.8 Å². The predicted molar refractivity (Wildman–Crippen MR) is 139 cm³/mol. The van der Waals surface area contributed by atoms with Gasteiger partial charge >= 0.3 is 0 Å². The second kappa shape index (κ2) is 12.0. The Morgan fingerprint density at radius 2 is 0.906 bits per heavy atom. The van der Waals surface area contributed by atoms with Gasteiger partial charge in [0.05, 0.1) is 0 Å². The first-order valence-corrected chi connectivity index (χ1v) is 12.8. The summed E-state index contributed by atoms with van der Waals surface area (Å²) < 4.78 is 0. The summed E-state index contributed by atoms with van der Waals surface area (Å²) in [7, 11) is 8.84. The Morgan fingerprint density at radius 1 is 0.562 bits per heavy atom. The second-order valence-corrected chi connectivity index (χ2v) is 10.8. The lowest BCUT2D eigenvalue weighted by Crippen LogP contribution is -2.28. The van der Waals surface area contributed by atoms with Gasteiger partial charge < -0.3 is 9.80 Å². The molecule has 176 valence electrons. The Bertz CT molecular complexity index is 702. The zero-order chi connectivity index (χ0) is 23.1. The third kappa shape index (κ3) is 6.23. The van der Waals surface area contributed by atoms with Crippen LogP contribution in [0.2, 0.25) is 0 Å². The minimum absolute atomic E-state index is 0.596. The predicted octanol–water partition coefficient (Wildman–Crippen LogP) is 7.45. The molecule has 0 aliphatic heterocycles. The molecule has 2 heteroatoms. The fraction of sp³-hybridized carbons (Fsp3) is 0.600. The Kier molecular flexibility index (Phi) is 9.37. The minimum Gasteiger partial charge on any atom is -0.302 e. The number of rotatable bonds is 6. The van der Waals surface area contributed by atoms with Crippen LogP contribution in [-0.2, 0) is 0 Å². The van der Waals surface area contributed by atoms with Gasteiger partial charge in [0.25, 0.3) is 0 Å². The summed E-state index contributed by atoms with van der Waals surface area (Å²) in [6.45, 7) is 4.83. The average Bonchev–Trinajstić information content (AvgIpc) is 3.39. The van der Waals surface area contributed by atoms with Crippen molar-refractivity contribution in [2.24, 2.45) is 23.7 Å². The van der Waals surface area contributed by atoms with Crippen LogP contribution in [0.5, 0.6) is 0 Å². The third-order valence-electron chi connectivity index (χ3n) is 8.06. The standard InChI is InChI=1S/2C15H23N/c2*1-12-8-7-11-14(12)15(16(2)3)13-9-5-4-6-10-13/h2*4-6,9-10,12,14-15H,7-8,11H2,1-3H3/t2*12?,14?,15-/m11/s1. The molecular formula is C30H46N2. The Balaban J connectivity index is 0.000000181. The molecule has 6 atom stereocenters. The maximum atomic E-state index is 2.41. The molecular weight excluding hydrogens is 388 g/mol. The molecule has 2 fully saturated rings. The Hall–Kier alpha value is -1.64. The van der Waals surface area contributed by atoms with Crippen LogP contribution in [0.15, 0.2) is 60.7 Å². The van der Waals surface area contributed by atoms with Gasteiger partial charge in [0.15, 0.2) is 0 Å². The minimum atomic E-state index is 0.596. The monoisotopic (exact) mass is 434 g/mol. The largest absolute Gasteiger partial charge is 0.302 e. The van der Waals surface area contributed by atoms with Gasteiger partial charge in [0.1, 0.15) is 0 Å². The number of hydrogen-bond donors (Lipinski definition) is 0. The van der Waals surface area contributed by atoms with Gasteiger partial charge in [-0.25, -0.2) is 0 Å². The van der Waals surface area contributed by atoms with Gasteiger partial charge in [-0.1, -0.05) is 100 Å². The second-order valence-electron chi connectivity index (χ2n) is 10.8. The summed E-state index contributed by atoms with van der Waals surface area (Å²) in [4.78, 5) is 4.78. The van der Waals surface area contributed by atoms with Crippen molar-refractivity contribution < 1.29 is 0 Å². The summed E-state index contributed by atoms with van der Waals surface area (Å²) >= 11 is 0. The summed E-state index contributed by atoms with van der Waals surface area (Å²) in [5, 5.41) is 0. The molecule has 2 nitrogen and oxygen atoms in total. The zero-order valence-electron chi connectivity index (χ0n) is 21.4. The molecule has 2 saturated carbocycles. The van der Waals surface area contributed by atoms with Crippen LogP contribution < -0.4 is 0 Å². The van der Waals surface area contributed by atoms with E-state index in [4.69, 9.17) is 0 Å². The lowest BCUT2D eigenvalue weighted by molar-refractivity contribution is 0.182. The molecule has 0 amide bonds. The summed E-state index contributed by atoms with van der Waals surface area (Å²) in [6.07, 6.45) is 8.40. The first-order valence-electron chi connectivity index (χ1n) is 12.8. The van der Waals surface area contributed by atoms with Gasteiger partial charge in [0.2, 0.25) is 0 Å². The normalized spacial score (nSPS) is 27.2. The molecule has 4 rings (SSSR count). The lowest BCUT2D eigenvalue weighted by Gasteiger charge is -2.33. The molecule has 32 heavy (non-hydrogen) atoms. The summed E-state index contributed by atoms with van der Waals surface area (Å²) in [6, 6.07) is 23.1. The van der Waals surface area contributed by atoms with Crippen molar-refractivity contribution in [2.45, 2.75) is 64.5 Å². The highest BCUT2D eigenvalue weighted by Gasteiger charge is 2.33. The van der Waals surface area contributed by atoms with Crippen LogP contribution in [0, 0.1) is 23.7 Å². The lowest BCUT2D eigenvalue weighted by atomic mass is 9.85. The number of nitrogens with zero attached hydrogens (tertiary/aromatic N) is 2. The first kappa shape index (κ1) is 25.0. The highest BCUT2D eigenvalue weighted by atomic mass is 15.1. The topological polar surface area (TPSA) is 6.48 Å². The molecule has 0 radical (unpaired) electrons. The van der Waals surface area contributed by atoms with Crippen molar-refractivity contribution in [3.63, 3.8) is 0 Å². The number of hydrogen-bond acceptors (Lipinski definition) is 2. The zero-order valence-corrected chi connectivity index (χ0v) is 21.4. The molecule has 4 unspecified atom stereocenters. The van der Waals surface area contributed by atoms with Gasteiger partial charge in [-0.15, -0.1) is 0 Å². The maximum Gasteiger partial charge on any atom is 0.0372 e. The average molecular weight is 435 g/mol. The molecule has 2 aliphatic rings. The molecule has 2 aromatic carbocycles. The van der Waals surface area contributed by atoms with Crippen molar-refractivity contribution in [3.8, 4) is 0 Å². The SMILES string of the molecule is CC1CCCC1[C@@H](c1ccccc1)N(C)C.CC1CCCC1[C@@H](c1ccccc1)N(C)C. The summed E-state index contributed by atoms with van der Waals surface area (Å²) in [5.74, 6) is 3.40. The van der Waals surface area contributed by atoms with E-state index in [0.29, 0.717) is 12.1 Å². The molecule has 0 spiro atoms. The van der Waals surface area contributed by atoms with Crippen molar-refractivity contribution in [3.05, 3.63) is 71.8 Å². The van der Waals surface area contributed by atoms with E-state index < -0.39 is 0 Å². The number of benzene rings is 2. The maximum absolute atomic E-state index is 2.41. The van der Waals surface area contributed by atoms with E-state index >= 15 is 0 Å². The van der Waals surface area contributed by atoms with Gasteiger partial charge in [-0.3, -0.25) is 0 Å². The third-order valence-corrected chi connectivity index (χ3v) is 8.06. The smallest absolute Gasteiger partial charge is 0.0372 e. The van der Waals surface area contributed by atoms with Crippen molar-refractivity contribution in [2.75, 3.05) is 28.2 Å². The Morgan fingerprint density at radius 3 is 1.16 bits per heavy atom. The van der Waals surface area contributed by atoms with Crippen molar-refractivity contribution >= 4 is 0 Å². The molecule has 0 bridgehead atoms. The van der Waals surface area contributed by atoms with Gasteiger partial charge in [-0.2, -0.15) is 0 Å². The quantitative estimate of drug-likeness (QED) is 0.466. The van der Waals surface area contributed by atoms with Gasteiger partial charge in [0, 0.05) is 12.1 Å². The van der Waals surface area contributed by atoms with Crippen LogP contribution >= 0.6 is 0 Å². The van der Waals surface area contributed by atoms with Crippen LogP contribution in [-0.4, -0.2) is 38.0 Å². The van der Waals surface area contributed by atoms with Crippen LogP contribution in [0.4, 0.5) is 0 Å². The van der Waals surface area contributed by atoms with Crippen LogP contribution in [0.25, 0.3) is 0 Å². The fourth-order valence-electron chi connectivity index (χ4n) is 6.44. The highest BCUT2D eigenvalue weighted by Crippen LogP contribution is 2.43. The van der Waals surface area contributed by atoms with Crippen LogP contribution in [0.3, 0.4) is 0 Å². The highest BCUT2D eigenvalue weighted by molar-refractivity contribution is 5.21. The van der Waals surface area contributed by atoms with E-state index in [1.54, 1.807) is 0 Å². The Labute approximate surface area is 198 Å².